The van der Waals surface area contributed by atoms with E-state index in [1.54, 1.807) is 0 Å². The Morgan fingerprint density at radius 3 is 2.59 bits per heavy atom. The zero-order valence-corrected chi connectivity index (χ0v) is 22.6. The number of amides is 2. The number of halogens is 4. The predicted octanol–water partition coefficient (Wildman–Crippen LogP) is 4.67. The molecule has 2 aromatic rings. The van der Waals surface area contributed by atoms with E-state index in [9.17, 15) is 22.8 Å². The fraction of sp³-hybridized carbons (Fsp3) is 0.519. The van der Waals surface area contributed by atoms with Gasteiger partial charge in [0.1, 0.15) is 17.4 Å². The number of alkyl halides is 3. The lowest BCUT2D eigenvalue weighted by Crippen LogP contribution is -2.53. The van der Waals surface area contributed by atoms with Crippen LogP contribution in [0.2, 0.25) is 5.02 Å². The second-order valence-electron chi connectivity index (χ2n) is 10.5. The van der Waals surface area contributed by atoms with Crippen molar-refractivity contribution in [2.45, 2.75) is 50.9 Å². The van der Waals surface area contributed by atoms with Gasteiger partial charge in [-0.15, -0.1) is 0 Å². The molecule has 1 unspecified atom stereocenters. The molecule has 39 heavy (non-hydrogen) atoms. The quantitative estimate of drug-likeness (QED) is 0.433. The molecule has 2 amide bonds. The van der Waals surface area contributed by atoms with Crippen LogP contribution in [0.25, 0.3) is 0 Å². The first kappa shape index (κ1) is 29.1. The first-order chi connectivity index (χ1) is 18.4. The number of carbonyl (C=O) groups is 2. The monoisotopic (exact) mass is 568 g/mol. The fourth-order valence-corrected chi connectivity index (χ4v) is 4.38. The van der Waals surface area contributed by atoms with Crippen molar-refractivity contribution in [1.29, 1.82) is 0 Å². The number of hydrogen-bond donors (Lipinski definition) is 2. The number of benzene rings is 1. The van der Waals surface area contributed by atoms with Crippen molar-refractivity contribution in [2.75, 3.05) is 33.4 Å². The van der Waals surface area contributed by atoms with Gasteiger partial charge in [-0.1, -0.05) is 18.5 Å². The highest BCUT2D eigenvalue weighted by Gasteiger charge is 2.38. The molecule has 2 heterocycles. The molecule has 1 saturated heterocycles. The average molecular weight is 569 g/mol. The van der Waals surface area contributed by atoms with Crippen molar-refractivity contribution >= 4 is 23.4 Å². The second-order valence-corrected chi connectivity index (χ2v) is 10.9. The number of pyridine rings is 1. The van der Waals surface area contributed by atoms with Crippen LogP contribution in [0.1, 0.15) is 48.5 Å². The van der Waals surface area contributed by atoms with E-state index in [2.05, 4.69) is 27.4 Å². The summed E-state index contributed by atoms with van der Waals surface area (Å²) in [5.41, 5.74) is -0.846. The van der Waals surface area contributed by atoms with Crippen molar-refractivity contribution in [3.63, 3.8) is 0 Å². The molecule has 12 heteroatoms. The summed E-state index contributed by atoms with van der Waals surface area (Å²) < 4.78 is 50.4. The Labute approximate surface area is 230 Å². The number of ether oxygens (including phenoxy) is 2. The molecule has 1 saturated carbocycles. The SMILES string of the molecule is CN1CCC(NC(=O)C(COCC2(C)CC2)NC(=O)c2cccnc2Oc2ccc(C(F)(F)F)cc2Cl)CC1. The average Bonchev–Trinajstić information content (AvgIpc) is 3.62. The van der Waals surface area contributed by atoms with Crippen LogP contribution < -0.4 is 15.4 Å². The van der Waals surface area contributed by atoms with Crippen LogP contribution >= 0.6 is 11.6 Å². The summed E-state index contributed by atoms with van der Waals surface area (Å²) in [5.74, 6) is -1.27. The minimum atomic E-state index is -4.57. The molecule has 4 rings (SSSR count). The van der Waals surface area contributed by atoms with Gasteiger partial charge in [0.2, 0.25) is 11.8 Å². The molecular weight excluding hydrogens is 537 g/mol. The van der Waals surface area contributed by atoms with Gasteiger partial charge in [0.15, 0.2) is 0 Å². The summed E-state index contributed by atoms with van der Waals surface area (Å²) in [7, 11) is 2.03. The van der Waals surface area contributed by atoms with Crippen LogP contribution in [0.5, 0.6) is 11.6 Å². The van der Waals surface area contributed by atoms with E-state index in [0.29, 0.717) is 6.61 Å². The van der Waals surface area contributed by atoms with E-state index >= 15 is 0 Å². The summed E-state index contributed by atoms with van der Waals surface area (Å²) in [6.45, 7) is 4.29. The van der Waals surface area contributed by atoms with Crippen LogP contribution in [0, 0.1) is 5.41 Å². The van der Waals surface area contributed by atoms with Crippen molar-refractivity contribution in [2.24, 2.45) is 5.41 Å². The zero-order chi connectivity index (χ0) is 28.2. The number of carbonyl (C=O) groups excluding carboxylic acids is 2. The number of likely N-dealkylation sites (tertiary alicyclic amines) is 1. The lowest BCUT2D eigenvalue weighted by Gasteiger charge is -2.30. The highest BCUT2D eigenvalue weighted by Crippen LogP contribution is 2.45. The fourth-order valence-electron chi connectivity index (χ4n) is 4.16. The predicted molar refractivity (Wildman–Crippen MR) is 139 cm³/mol. The number of nitrogens with one attached hydrogen (secondary N) is 2. The molecule has 8 nitrogen and oxygen atoms in total. The van der Waals surface area contributed by atoms with Gasteiger partial charge in [-0.3, -0.25) is 9.59 Å². The van der Waals surface area contributed by atoms with Crippen molar-refractivity contribution in [1.82, 2.24) is 20.5 Å². The van der Waals surface area contributed by atoms with E-state index in [1.165, 1.54) is 18.3 Å². The minimum Gasteiger partial charge on any atom is -0.437 e. The van der Waals surface area contributed by atoms with E-state index in [0.717, 1.165) is 57.0 Å². The second kappa shape index (κ2) is 12.1. The van der Waals surface area contributed by atoms with E-state index in [4.69, 9.17) is 21.1 Å². The van der Waals surface area contributed by atoms with Crippen molar-refractivity contribution < 1.29 is 32.2 Å². The Kier molecular flexibility index (Phi) is 9.03. The van der Waals surface area contributed by atoms with Crippen LogP contribution in [-0.4, -0.2) is 67.1 Å². The summed E-state index contributed by atoms with van der Waals surface area (Å²) in [6.07, 6.45) is 0.504. The molecule has 212 valence electrons. The van der Waals surface area contributed by atoms with Gasteiger partial charge in [0.25, 0.3) is 5.91 Å². The topological polar surface area (TPSA) is 92.8 Å². The number of rotatable bonds is 10. The molecule has 0 bridgehead atoms. The lowest BCUT2D eigenvalue weighted by molar-refractivity contribution is -0.137. The van der Waals surface area contributed by atoms with Crippen molar-refractivity contribution in [3.8, 4) is 11.6 Å². The molecule has 0 radical (unpaired) electrons. The van der Waals surface area contributed by atoms with Gasteiger partial charge < -0.3 is 25.0 Å². The Morgan fingerprint density at radius 2 is 1.95 bits per heavy atom. The number of piperidine rings is 1. The summed E-state index contributed by atoms with van der Waals surface area (Å²) >= 11 is 6.02. The maximum absolute atomic E-state index is 13.3. The first-order valence-corrected chi connectivity index (χ1v) is 13.2. The first-order valence-electron chi connectivity index (χ1n) is 12.8. The summed E-state index contributed by atoms with van der Waals surface area (Å²) in [6, 6.07) is 4.59. The molecule has 2 aliphatic rings. The Morgan fingerprint density at radius 1 is 1.23 bits per heavy atom. The highest BCUT2D eigenvalue weighted by atomic mass is 35.5. The lowest BCUT2D eigenvalue weighted by atomic mass is 10.0. The maximum Gasteiger partial charge on any atom is 0.416 e. The van der Waals surface area contributed by atoms with Gasteiger partial charge in [-0.25, -0.2) is 4.98 Å². The highest BCUT2D eigenvalue weighted by molar-refractivity contribution is 6.32. The molecule has 1 aromatic heterocycles. The Balaban J connectivity index is 1.47. The van der Waals surface area contributed by atoms with Crippen LogP contribution in [0.4, 0.5) is 13.2 Å². The number of nitrogens with zero attached hydrogens (tertiary/aromatic N) is 2. The van der Waals surface area contributed by atoms with Crippen LogP contribution in [0.3, 0.4) is 0 Å². The summed E-state index contributed by atoms with van der Waals surface area (Å²) in [4.78, 5) is 32.7. The Hall–Kier alpha value is -2.89. The van der Waals surface area contributed by atoms with E-state index in [1.807, 2.05) is 7.05 Å². The normalized spacial score (nSPS) is 18.3. The van der Waals surface area contributed by atoms with Gasteiger partial charge in [-0.05, 0) is 81.6 Å². The largest absolute Gasteiger partial charge is 0.437 e. The Bertz CT molecular complexity index is 1180. The summed E-state index contributed by atoms with van der Waals surface area (Å²) in [5, 5.41) is 5.45. The molecule has 2 fully saturated rings. The molecule has 1 atom stereocenters. The molecule has 1 aliphatic carbocycles. The standard InChI is InChI=1S/C27H32ClF3N4O4/c1-26(9-10-26)16-38-15-21(24(37)33-18-7-12-35(2)13-8-18)34-23(36)19-4-3-11-32-25(19)39-22-6-5-17(14-20(22)28)27(29,30)31/h3-6,11,14,18,21H,7-10,12-13,15-16H2,1-2H3,(H,33,37)(H,34,36). The third-order valence-electron chi connectivity index (χ3n) is 7.01. The number of aromatic nitrogens is 1. The van der Waals surface area contributed by atoms with Crippen molar-refractivity contribution in [3.05, 3.63) is 52.7 Å². The molecule has 1 aromatic carbocycles. The minimum absolute atomic E-state index is 0.00634. The van der Waals surface area contributed by atoms with Gasteiger partial charge >= 0.3 is 6.18 Å². The van der Waals surface area contributed by atoms with E-state index in [-0.39, 0.29) is 46.2 Å². The molecule has 2 N–H and O–H groups in total. The molecule has 0 spiro atoms. The van der Waals surface area contributed by atoms with E-state index < -0.39 is 23.7 Å². The third-order valence-corrected chi connectivity index (χ3v) is 7.30. The zero-order valence-electron chi connectivity index (χ0n) is 21.8. The molecule has 1 aliphatic heterocycles. The van der Waals surface area contributed by atoms with Gasteiger partial charge in [0, 0.05) is 12.2 Å². The van der Waals surface area contributed by atoms with Gasteiger partial charge in [-0.2, -0.15) is 13.2 Å². The maximum atomic E-state index is 13.3. The molecular formula is C27H32ClF3N4O4. The number of hydrogen-bond acceptors (Lipinski definition) is 6. The van der Waals surface area contributed by atoms with Crippen LogP contribution in [0.15, 0.2) is 36.5 Å². The third kappa shape index (κ3) is 8.06. The van der Waals surface area contributed by atoms with Crippen LogP contribution in [-0.2, 0) is 15.7 Å². The van der Waals surface area contributed by atoms with Gasteiger partial charge in [0.05, 0.1) is 23.8 Å². The smallest absolute Gasteiger partial charge is 0.416 e.